The Kier molecular flexibility index (Phi) is 2.95. The minimum Gasteiger partial charge on any atom is -0.382 e. The molecule has 1 aromatic heterocycles. The number of nitrogen functional groups attached to an aromatic ring is 1. The maximum absolute atomic E-state index is 12.3. The van der Waals surface area contributed by atoms with Gasteiger partial charge in [-0.1, -0.05) is 23.5 Å². The van der Waals surface area contributed by atoms with Crippen molar-refractivity contribution in [3.05, 3.63) is 17.0 Å². The van der Waals surface area contributed by atoms with E-state index in [-0.39, 0.29) is 5.91 Å². The molecule has 1 aromatic rings. The van der Waals surface area contributed by atoms with Gasteiger partial charge in [0.25, 0.3) is 5.91 Å². The summed E-state index contributed by atoms with van der Waals surface area (Å²) in [4.78, 5) is 18.9. The number of nitrogens with one attached hydrogen (secondary N) is 1. The van der Waals surface area contributed by atoms with E-state index >= 15 is 0 Å². The zero-order valence-electron chi connectivity index (χ0n) is 10.1. The number of nitrogens with two attached hydrogens (primary N) is 1. The van der Waals surface area contributed by atoms with Crippen LogP contribution in [-0.4, -0.2) is 34.9 Å². The minimum absolute atomic E-state index is 0.00167. The largest absolute Gasteiger partial charge is 0.382 e. The molecule has 3 N–H and O–H groups in total. The quantitative estimate of drug-likeness (QED) is 0.815. The lowest BCUT2D eigenvalue weighted by Gasteiger charge is -2.22. The van der Waals surface area contributed by atoms with E-state index < -0.39 is 0 Å². The number of nitrogens with zero attached hydrogens (tertiary/aromatic N) is 2. The van der Waals surface area contributed by atoms with Crippen LogP contribution < -0.4 is 11.1 Å². The molecule has 1 aliphatic carbocycles. The fourth-order valence-electron chi connectivity index (χ4n) is 1.92. The molecule has 3 rings (SSSR count). The molecule has 1 amide bonds. The molecule has 6 heteroatoms. The number of thiazole rings is 1. The first-order chi connectivity index (χ1) is 8.74. The van der Waals surface area contributed by atoms with Crippen LogP contribution in [0.5, 0.6) is 0 Å². The molecular weight excluding hydrogens is 248 g/mol. The first-order valence-electron chi connectivity index (χ1n) is 6.21. The SMILES string of the molecule is Nc1nc(NC2CC2)sc1C(=O)N1CC=CCC1. The molecule has 0 radical (unpaired) electrons. The molecule has 0 aromatic carbocycles. The predicted octanol–water partition coefficient (Wildman–Crippen LogP) is 1.70. The molecule has 0 bridgehead atoms. The highest BCUT2D eigenvalue weighted by Gasteiger charge is 2.26. The molecule has 2 aliphatic rings. The summed E-state index contributed by atoms with van der Waals surface area (Å²) in [5.74, 6) is 0.348. The van der Waals surface area contributed by atoms with E-state index in [1.807, 2.05) is 11.0 Å². The summed E-state index contributed by atoms with van der Waals surface area (Å²) in [6, 6.07) is 0.524. The fourth-order valence-corrected chi connectivity index (χ4v) is 2.85. The second-order valence-electron chi connectivity index (χ2n) is 4.66. The number of anilines is 2. The minimum atomic E-state index is -0.00167. The van der Waals surface area contributed by atoms with Gasteiger partial charge in [0.15, 0.2) is 5.13 Å². The molecule has 1 aliphatic heterocycles. The number of amides is 1. The number of rotatable bonds is 3. The maximum atomic E-state index is 12.3. The molecule has 0 unspecified atom stereocenters. The summed E-state index contributed by atoms with van der Waals surface area (Å²) < 4.78 is 0. The van der Waals surface area contributed by atoms with Crippen molar-refractivity contribution in [2.45, 2.75) is 25.3 Å². The Hall–Kier alpha value is -1.56. The van der Waals surface area contributed by atoms with Crippen molar-refractivity contribution in [3.8, 4) is 0 Å². The average Bonchev–Trinajstić information content (AvgIpc) is 3.12. The molecule has 0 saturated heterocycles. The molecule has 0 spiro atoms. The van der Waals surface area contributed by atoms with Crippen molar-refractivity contribution in [2.24, 2.45) is 0 Å². The summed E-state index contributed by atoms with van der Waals surface area (Å²) >= 11 is 1.37. The van der Waals surface area contributed by atoms with Crippen LogP contribution in [0.15, 0.2) is 12.2 Å². The molecular formula is C12H16N4OS. The molecule has 96 valence electrons. The molecule has 2 heterocycles. The van der Waals surface area contributed by atoms with Gasteiger partial charge in [0.2, 0.25) is 0 Å². The van der Waals surface area contributed by atoms with E-state index in [1.165, 1.54) is 24.2 Å². The van der Waals surface area contributed by atoms with Crippen LogP contribution in [0.1, 0.15) is 28.9 Å². The molecule has 5 nitrogen and oxygen atoms in total. The highest BCUT2D eigenvalue weighted by Crippen LogP contribution is 2.31. The highest BCUT2D eigenvalue weighted by atomic mass is 32.1. The first-order valence-corrected chi connectivity index (χ1v) is 7.03. The smallest absolute Gasteiger partial charge is 0.268 e. The second kappa shape index (κ2) is 4.61. The van der Waals surface area contributed by atoms with Crippen molar-refractivity contribution < 1.29 is 4.79 Å². The van der Waals surface area contributed by atoms with Gasteiger partial charge in [0.05, 0.1) is 0 Å². The van der Waals surface area contributed by atoms with E-state index in [1.54, 1.807) is 0 Å². The zero-order chi connectivity index (χ0) is 12.5. The molecule has 18 heavy (non-hydrogen) atoms. The molecule has 0 atom stereocenters. The first kappa shape index (κ1) is 11.5. The van der Waals surface area contributed by atoms with Crippen LogP contribution >= 0.6 is 11.3 Å². The van der Waals surface area contributed by atoms with E-state index in [9.17, 15) is 4.79 Å². The Labute approximate surface area is 110 Å². The van der Waals surface area contributed by atoms with Crippen molar-refractivity contribution >= 4 is 28.2 Å². The monoisotopic (exact) mass is 264 g/mol. The third kappa shape index (κ3) is 2.33. The summed E-state index contributed by atoms with van der Waals surface area (Å²) in [6.45, 7) is 1.43. The Morgan fingerprint density at radius 1 is 1.50 bits per heavy atom. The summed E-state index contributed by atoms with van der Waals surface area (Å²) in [6.07, 6.45) is 7.39. The zero-order valence-corrected chi connectivity index (χ0v) is 10.9. The van der Waals surface area contributed by atoms with Crippen LogP contribution in [0.4, 0.5) is 10.9 Å². The van der Waals surface area contributed by atoms with Crippen LogP contribution in [0.2, 0.25) is 0 Å². The number of hydrogen-bond acceptors (Lipinski definition) is 5. The summed E-state index contributed by atoms with van der Waals surface area (Å²) in [7, 11) is 0. The van der Waals surface area contributed by atoms with Gasteiger partial charge < -0.3 is 16.0 Å². The Bertz CT molecular complexity index is 492. The van der Waals surface area contributed by atoms with Crippen molar-refractivity contribution in [2.75, 3.05) is 24.1 Å². The van der Waals surface area contributed by atoms with Crippen molar-refractivity contribution in [1.82, 2.24) is 9.88 Å². The van der Waals surface area contributed by atoms with Crippen molar-refractivity contribution in [3.63, 3.8) is 0 Å². The van der Waals surface area contributed by atoms with Gasteiger partial charge in [0.1, 0.15) is 10.7 Å². The van der Waals surface area contributed by atoms with Crippen LogP contribution in [0, 0.1) is 0 Å². The third-order valence-corrected chi connectivity index (χ3v) is 4.09. The van der Waals surface area contributed by atoms with Crippen LogP contribution in [0.3, 0.4) is 0 Å². The Balaban J connectivity index is 1.75. The lowest BCUT2D eigenvalue weighted by atomic mass is 10.2. The highest BCUT2D eigenvalue weighted by molar-refractivity contribution is 7.18. The number of hydrogen-bond donors (Lipinski definition) is 2. The number of aromatic nitrogens is 1. The summed E-state index contributed by atoms with van der Waals surface area (Å²) in [5.41, 5.74) is 5.84. The Morgan fingerprint density at radius 2 is 2.33 bits per heavy atom. The lowest BCUT2D eigenvalue weighted by molar-refractivity contribution is 0.0776. The van der Waals surface area contributed by atoms with Gasteiger partial charge in [0, 0.05) is 19.1 Å². The lowest BCUT2D eigenvalue weighted by Crippen LogP contribution is -2.33. The maximum Gasteiger partial charge on any atom is 0.268 e. The van der Waals surface area contributed by atoms with E-state index in [4.69, 9.17) is 5.73 Å². The third-order valence-electron chi connectivity index (χ3n) is 3.10. The van der Waals surface area contributed by atoms with Gasteiger partial charge in [-0.15, -0.1) is 0 Å². The van der Waals surface area contributed by atoms with Gasteiger partial charge >= 0.3 is 0 Å². The van der Waals surface area contributed by atoms with Gasteiger partial charge in [-0.05, 0) is 19.3 Å². The standard InChI is InChI=1S/C12H16N4OS/c13-10-9(11(17)16-6-2-1-3-7-16)18-12(15-10)14-8-4-5-8/h1-2,8H,3-7,13H2,(H,14,15). The fraction of sp³-hybridized carbons (Fsp3) is 0.500. The van der Waals surface area contributed by atoms with E-state index in [0.717, 1.165) is 18.1 Å². The average molecular weight is 264 g/mol. The number of carbonyl (C=O) groups is 1. The summed E-state index contributed by atoms with van der Waals surface area (Å²) in [5, 5.41) is 4.05. The van der Waals surface area contributed by atoms with Gasteiger partial charge in [-0.2, -0.15) is 0 Å². The van der Waals surface area contributed by atoms with Gasteiger partial charge in [-0.3, -0.25) is 4.79 Å². The van der Waals surface area contributed by atoms with Crippen LogP contribution in [-0.2, 0) is 0 Å². The number of carbonyl (C=O) groups excluding carboxylic acids is 1. The van der Waals surface area contributed by atoms with E-state index in [2.05, 4.69) is 16.4 Å². The van der Waals surface area contributed by atoms with E-state index in [0.29, 0.717) is 23.3 Å². The topological polar surface area (TPSA) is 71.2 Å². The Morgan fingerprint density at radius 3 is 3.00 bits per heavy atom. The van der Waals surface area contributed by atoms with Gasteiger partial charge in [-0.25, -0.2) is 4.98 Å². The normalized spacial score (nSPS) is 19.0. The van der Waals surface area contributed by atoms with Crippen molar-refractivity contribution in [1.29, 1.82) is 0 Å². The molecule has 1 saturated carbocycles. The molecule has 1 fully saturated rings. The second-order valence-corrected chi connectivity index (χ2v) is 5.66. The van der Waals surface area contributed by atoms with Crippen LogP contribution in [0.25, 0.3) is 0 Å². The predicted molar refractivity (Wildman–Crippen MR) is 72.8 cm³/mol.